The normalized spacial score (nSPS) is 24.2. The molecule has 0 radical (unpaired) electrons. The lowest BCUT2D eigenvalue weighted by Crippen LogP contribution is -2.35. The zero-order valence-electron chi connectivity index (χ0n) is 22.3. The van der Waals surface area contributed by atoms with Crippen LogP contribution in [0, 0.1) is 17.8 Å². The number of carbonyl (C=O) groups is 1. The second-order valence-electron chi connectivity index (χ2n) is 11.4. The topological polar surface area (TPSA) is 87.3 Å². The molecule has 0 spiro atoms. The molecule has 3 N–H and O–H groups in total. The quantitative estimate of drug-likeness (QED) is 0.217. The van der Waals surface area contributed by atoms with E-state index in [1.807, 2.05) is 12.1 Å². The van der Waals surface area contributed by atoms with Crippen molar-refractivity contribution in [1.82, 2.24) is 0 Å². The van der Waals surface area contributed by atoms with Crippen LogP contribution >= 0.6 is 11.6 Å². The Kier molecular flexibility index (Phi) is 6.51. The number of benzene rings is 4. The van der Waals surface area contributed by atoms with Gasteiger partial charge in [0.25, 0.3) is 15.9 Å². The Morgan fingerprint density at radius 2 is 1.54 bits per heavy atom. The number of hydrogen-bond donors (Lipinski definition) is 3. The van der Waals surface area contributed by atoms with Crippen LogP contribution in [0.1, 0.15) is 52.7 Å². The van der Waals surface area contributed by atoms with E-state index >= 15 is 0 Å². The smallest absolute Gasteiger partial charge is 0.261 e. The minimum Gasteiger partial charge on any atom is -0.378 e. The van der Waals surface area contributed by atoms with Gasteiger partial charge in [0.15, 0.2) is 0 Å². The van der Waals surface area contributed by atoms with Gasteiger partial charge in [-0.25, -0.2) is 8.42 Å². The van der Waals surface area contributed by atoms with Crippen LogP contribution in [0.3, 0.4) is 0 Å². The number of rotatable bonds is 6. The molecule has 4 aromatic rings. The van der Waals surface area contributed by atoms with Crippen LogP contribution < -0.4 is 15.4 Å². The third kappa shape index (κ3) is 4.87. The Balaban J connectivity index is 1.10. The van der Waals surface area contributed by atoms with Gasteiger partial charge in [0.05, 0.1) is 10.9 Å². The molecule has 1 aliphatic heterocycles. The Bertz CT molecular complexity index is 1710. The van der Waals surface area contributed by atoms with Gasteiger partial charge < -0.3 is 10.6 Å². The van der Waals surface area contributed by atoms with Crippen LogP contribution in [0.5, 0.6) is 0 Å². The lowest BCUT2D eigenvalue weighted by atomic mass is 9.68. The number of sulfonamides is 1. The zero-order chi connectivity index (χ0) is 28.1. The van der Waals surface area contributed by atoms with Gasteiger partial charge in [-0.15, -0.1) is 0 Å². The highest BCUT2D eigenvalue weighted by Gasteiger charge is 2.53. The second-order valence-corrected chi connectivity index (χ2v) is 13.5. The van der Waals surface area contributed by atoms with E-state index in [1.54, 1.807) is 36.4 Å². The fourth-order valence-corrected chi connectivity index (χ4v) is 8.45. The van der Waals surface area contributed by atoms with E-state index in [1.165, 1.54) is 42.5 Å². The van der Waals surface area contributed by atoms with Crippen molar-refractivity contribution in [3.05, 3.63) is 119 Å². The van der Waals surface area contributed by atoms with Crippen molar-refractivity contribution >= 4 is 44.6 Å². The summed E-state index contributed by atoms with van der Waals surface area (Å²) in [7, 11) is -3.78. The number of fused-ring (bicyclic) bond motifs is 7. The SMILES string of the molecule is O=C(Nc1ccc(S(=O)(=O)Nc2ccc(Cl)cc2)cc1)c1ccc2c(c1)[C@@H]1[C@H]3CC[C@@H](C3)[C@H]1[C@H](c1ccccc1)N2. The molecular weight excluding hydrogens is 554 g/mol. The van der Waals surface area contributed by atoms with Crippen molar-refractivity contribution in [3.63, 3.8) is 0 Å². The molecule has 0 saturated heterocycles. The first-order valence-electron chi connectivity index (χ1n) is 14.0. The first kappa shape index (κ1) is 26.1. The van der Waals surface area contributed by atoms with Crippen molar-refractivity contribution in [3.8, 4) is 0 Å². The van der Waals surface area contributed by atoms with Gasteiger partial charge in [-0.05, 0) is 121 Å². The highest BCUT2D eigenvalue weighted by molar-refractivity contribution is 7.92. The van der Waals surface area contributed by atoms with Gasteiger partial charge in [0.2, 0.25) is 0 Å². The molecule has 1 amide bonds. The lowest BCUT2D eigenvalue weighted by molar-refractivity contribution is 0.102. The summed E-state index contributed by atoms with van der Waals surface area (Å²) in [4.78, 5) is 13.4. The van der Waals surface area contributed by atoms with E-state index in [0.717, 1.165) is 5.69 Å². The summed E-state index contributed by atoms with van der Waals surface area (Å²) in [6, 6.07) is 29.6. The zero-order valence-corrected chi connectivity index (χ0v) is 23.8. The molecule has 0 aromatic heterocycles. The Morgan fingerprint density at radius 1 is 0.829 bits per heavy atom. The van der Waals surface area contributed by atoms with E-state index < -0.39 is 10.0 Å². The molecule has 208 valence electrons. The number of amides is 1. The molecule has 7 rings (SSSR count). The number of anilines is 3. The molecule has 5 atom stereocenters. The molecule has 0 unspecified atom stereocenters. The van der Waals surface area contributed by atoms with Crippen LogP contribution in [0.15, 0.2) is 102 Å². The van der Waals surface area contributed by atoms with Crippen LogP contribution in [0.25, 0.3) is 0 Å². The molecule has 2 fully saturated rings. The average molecular weight is 584 g/mol. The molecule has 2 bridgehead atoms. The fraction of sp³-hybridized carbons (Fsp3) is 0.242. The van der Waals surface area contributed by atoms with Crippen molar-refractivity contribution in [2.45, 2.75) is 36.1 Å². The highest BCUT2D eigenvalue weighted by Crippen LogP contribution is 2.63. The second kappa shape index (κ2) is 10.2. The third-order valence-electron chi connectivity index (χ3n) is 9.03. The highest BCUT2D eigenvalue weighted by atomic mass is 35.5. The van der Waals surface area contributed by atoms with Crippen molar-refractivity contribution < 1.29 is 13.2 Å². The van der Waals surface area contributed by atoms with Gasteiger partial charge in [-0.1, -0.05) is 41.9 Å². The minimum atomic E-state index is -3.78. The Morgan fingerprint density at radius 3 is 2.29 bits per heavy atom. The van der Waals surface area contributed by atoms with E-state index in [9.17, 15) is 13.2 Å². The van der Waals surface area contributed by atoms with E-state index in [-0.39, 0.29) is 16.8 Å². The van der Waals surface area contributed by atoms with Crippen molar-refractivity contribution in [2.24, 2.45) is 17.8 Å². The average Bonchev–Trinajstić information content (AvgIpc) is 3.62. The number of halogens is 1. The summed E-state index contributed by atoms with van der Waals surface area (Å²) in [5.74, 6) is 2.12. The molecule has 4 aromatic carbocycles. The summed E-state index contributed by atoms with van der Waals surface area (Å²) >= 11 is 5.89. The molecular formula is C33H30ClN3O3S. The predicted molar refractivity (Wildman–Crippen MR) is 163 cm³/mol. The minimum absolute atomic E-state index is 0.0978. The lowest BCUT2D eigenvalue weighted by Gasteiger charge is -2.43. The summed E-state index contributed by atoms with van der Waals surface area (Å²) in [6.45, 7) is 0. The van der Waals surface area contributed by atoms with Gasteiger partial charge in [0.1, 0.15) is 0 Å². The summed E-state index contributed by atoms with van der Waals surface area (Å²) in [6.07, 6.45) is 3.80. The molecule has 2 saturated carbocycles. The molecule has 1 heterocycles. The van der Waals surface area contributed by atoms with E-state index in [4.69, 9.17) is 11.6 Å². The van der Waals surface area contributed by atoms with Crippen molar-refractivity contribution in [2.75, 3.05) is 15.4 Å². The van der Waals surface area contributed by atoms with Crippen LogP contribution in [-0.4, -0.2) is 14.3 Å². The molecule has 2 aliphatic carbocycles. The summed E-state index contributed by atoms with van der Waals surface area (Å²) in [5.41, 5.74) is 5.24. The standard InChI is InChI=1S/C33H30ClN3O3S/c34-24-9-11-26(12-10-24)37-41(39,40)27-15-13-25(14-16-27)35-33(38)23-8-17-29-28(19-23)30-21-6-7-22(18-21)31(30)32(36-29)20-4-2-1-3-5-20/h1-5,8-17,19,21-22,30-32,36-37H,6-7,18H2,(H,35,38)/t21-,22-,30-,31+,32-/m0/s1. The number of carbonyl (C=O) groups excluding carboxylic acids is 1. The third-order valence-corrected chi connectivity index (χ3v) is 10.7. The Labute approximate surface area is 245 Å². The number of nitrogens with one attached hydrogen (secondary N) is 3. The van der Waals surface area contributed by atoms with Crippen LogP contribution in [-0.2, 0) is 10.0 Å². The fourth-order valence-electron chi connectivity index (χ4n) is 7.27. The largest absolute Gasteiger partial charge is 0.378 e. The molecule has 41 heavy (non-hydrogen) atoms. The van der Waals surface area contributed by atoms with Crippen molar-refractivity contribution in [1.29, 1.82) is 0 Å². The molecule has 6 nitrogen and oxygen atoms in total. The first-order valence-corrected chi connectivity index (χ1v) is 15.9. The van der Waals surface area contributed by atoms with Gasteiger partial charge >= 0.3 is 0 Å². The van der Waals surface area contributed by atoms with Gasteiger partial charge in [-0.2, -0.15) is 0 Å². The predicted octanol–water partition coefficient (Wildman–Crippen LogP) is 7.69. The molecule has 3 aliphatic rings. The van der Waals surface area contributed by atoms with Gasteiger partial charge in [-0.3, -0.25) is 9.52 Å². The summed E-state index contributed by atoms with van der Waals surface area (Å²) in [5, 5.41) is 7.29. The number of hydrogen-bond acceptors (Lipinski definition) is 4. The molecule has 8 heteroatoms. The maximum atomic E-state index is 13.3. The van der Waals surface area contributed by atoms with Gasteiger partial charge in [0, 0.05) is 27.6 Å². The monoisotopic (exact) mass is 583 g/mol. The van der Waals surface area contributed by atoms with Crippen LogP contribution in [0.4, 0.5) is 17.1 Å². The summed E-state index contributed by atoms with van der Waals surface area (Å²) < 4.78 is 28.1. The Hall–Kier alpha value is -3.81. The maximum Gasteiger partial charge on any atom is 0.261 e. The maximum absolute atomic E-state index is 13.3. The first-order chi connectivity index (χ1) is 19.9. The van der Waals surface area contributed by atoms with Crippen LogP contribution in [0.2, 0.25) is 5.02 Å². The van der Waals surface area contributed by atoms with E-state index in [0.29, 0.717) is 45.6 Å². The van der Waals surface area contributed by atoms with E-state index in [2.05, 4.69) is 51.8 Å².